The Morgan fingerprint density at radius 2 is 0.778 bits per heavy atom. The molecule has 0 amide bonds. The Bertz CT molecular complexity index is 849. The maximum Gasteiger partial charge on any atom is 0.699 e. The van der Waals surface area contributed by atoms with E-state index in [0.29, 0.717) is 77.0 Å². The molecule has 36 heavy (non-hydrogen) atoms. The zero-order chi connectivity index (χ0) is 26.8. The Balaban J connectivity index is 2.25. The lowest BCUT2D eigenvalue weighted by Gasteiger charge is -2.49. The first-order chi connectivity index (χ1) is 16.6. The Morgan fingerprint density at radius 1 is 0.528 bits per heavy atom. The van der Waals surface area contributed by atoms with Crippen molar-refractivity contribution in [2.75, 3.05) is 0 Å². The molecule has 3 rings (SSSR count). The Labute approximate surface area is 209 Å². The van der Waals surface area contributed by atoms with E-state index in [1.54, 1.807) is 0 Å². The number of hydrogen-bond donors (Lipinski definition) is 0. The summed E-state index contributed by atoms with van der Waals surface area (Å²) in [5, 5.41) is 0. The summed E-state index contributed by atoms with van der Waals surface area (Å²) in [6.07, 6.45) is 9.41. The average molecular weight is 589 g/mol. The summed E-state index contributed by atoms with van der Waals surface area (Å²) in [4.78, 5) is 0. The molecule has 3 aliphatic carbocycles. The summed E-state index contributed by atoms with van der Waals surface area (Å²) in [6.45, 7) is -2.65. The van der Waals surface area contributed by atoms with E-state index < -0.39 is 62.2 Å². The summed E-state index contributed by atoms with van der Waals surface area (Å²) in [5.74, 6) is 0. The van der Waals surface area contributed by atoms with Crippen LogP contribution in [0.3, 0.4) is 0 Å². The van der Waals surface area contributed by atoms with Crippen molar-refractivity contribution < 1.29 is 51.4 Å². The van der Waals surface area contributed by atoms with Crippen molar-refractivity contribution in [3.05, 3.63) is 0 Å². The highest BCUT2D eigenvalue weighted by Crippen LogP contribution is 2.79. The van der Waals surface area contributed by atoms with Crippen LogP contribution in [0.4, 0.5) is 26.3 Å². The molecule has 0 N–H and O–H groups in total. The summed E-state index contributed by atoms with van der Waals surface area (Å²) < 4.78 is 139. The van der Waals surface area contributed by atoms with Crippen LogP contribution in [0.2, 0.25) is 0 Å². The van der Waals surface area contributed by atoms with Crippen molar-refractivity contribution in [2.24, 2.45) is 0 Å². The highest BCUT2D eigenvalue weighted by atomic mass is 32.2. The van der Waals surface area contributed by atoms with Gasteiger partial charge >= 0.3 is 38.1 Å². The van der Waals surface area contributed by atoms with Crippen molar-refractivity contribution >= 4 is 34.2 Å². The topological polar surface area (TPSA) is 86.7 Å². The first-order valence-electron chi connectivity index (χ1n) is 12.5. The largest absolute Gasteiger partial charge is 0.699 e. The first kappa shape index (κ1) is 30.4. The molecule has 3 saturated carbocycles. The molecular formula is C20H33BF6O6PS2+. The van der Waals surface area contributed by atoms with Gasteiger partial charge in [-0.3, -0.25) is 8.20 Å². The zero-order valence-electron chi connectivity index (χ0n) is 19.9. The summed E-state index contributed by atoms with van der Waals surface area (Å²) >= 11 is 0. The molecule has 210 valence electrons. The number of halogens is 6. The normalized spacial score (nSPS) is 23.1. The van der Waals surface area contributed by atoms with Crippen molar-refractivity contribution in [3.63, 3.8) is 0 Å². The van der Waals surface area contributed by atoms with Crippen LogP contribution in [-0.4, -0.2) is 51.7 Å². The van der Waals surface area contributed by atoms with Crippen molar-refractivity contribution in [1.82, 2.24) is 0 Å². The van der Waals surface area contributed by atoms with Crippen LogP contribution in [0, 0.1) is 0 Å². The van der Waals surface area contributed by atoms with Gasteiger partial charge in [0.05, 0.1) is 17.0 Å². The monoisotopic (exact) mass is 589 g/mol. The van der Waals surface area contributed by atoms with Crippen molar-refractivity contribution in [1.29, 1.82) is 0 Å². The second-order valence-corrected chi connectivity index (χ2v) is 17.6. The first-order valence-corrected chi connectivity index (χ1v) is 17.4. The molecular weight excluding hydrogens is 556 g/mol. The fourth-order valence-corrected chi connectivity index (χ4v) is 15.7. The maximum atomic E-state index is 13.4. The van der Waals surface area contributed by atoms with Crippen LogP contribution in [0.1, 0.15) is 96.3 Å². The lowest BCUT2D eigenvalue weighted by atomic mass is 9.98. The molecule has 16 heteroatoms. The van der Waals surface area contributed by atoms with Gasteiger partial charge in [0, 0.05) is 7.14 Å². The SMILES string of the molecule is O=S(=O)(OB(OS(=O)(=O)C(F)(F)F)[P+](C1CCCCC1)(C1CCCCC1)C1CCCCC1)C(F)(F)F. The predicted molar refractivity (Wildman–Crippen MR) is 125 cm³/mol. The van der Waals surface area contributed by atoms with Crippen LogP contribution < -0.4 is 0 Å². The molecule has 0 unspecified atom stereocenters. The minimum atomic E-state index is -6.44. The van der Waals surface area contributed by atoms with Gasteiger partial charge < -0.3 is 0 Å². The molecule has 0 spiro atoms. The molecule has 0 aromatic rings. The maximum absolute atomic E-state index is 13.4. The highest BCUT2D eigenvalue weighted by molar-refractivity contribution is 8.07. The number of rotatable bonds is 8. The molecule has 0 aromatic carbocycles. The van der Waals surface area contributed by atoms with Crippen LogP contribution in [0.25, 0.3) is 0 Å². The van der Waals surface area contributed by atoms with Gasteiger partial charge in [-0.2, -0.15) is 43.2 Å². The summed E-state index contributed by atoms with van der Waals surface area (Å²) in [7, 11) is -16.3. The van der Waals surface area contributed by atoms with Crippen molar-refractivity contribution in [3.8, 4) is 0 Å². The molecule has 0 atom stereocenters. The van der Waals surface area contributed by atoms with Crippen LogP contribution in [0.15, 0.2) is 0 Å². The smallest absolute Gasteiger partial charge is 0.252 e. The fraction of sp³-hybridized carbons (Fsp3) is 1.00. The predicted octanol–water partition coefficient (Wildman–Crippen LogP) is 6.72. The minimum Gasteiger partial charge on any atom is -0.252 e. The minimum absolute atomic E-state index is 0.422. The van der Waals surface area contributed by atoms with Crippen LogP contribution in [0.5, 0.6) is 0 Å². The summed E-state index contributed by atoms with van der Waals surface area (Å²) in [5.41, 5.74) is -13.2. The molecule has 0 radical (unpaired) electrons. The number of hydrogen-bond acceptors (Lipinski definition) is 6. The second kappa shape index (κ2) is 11.6. The summed E-state index contributed by atoms with van der Waals surface area (Å²) in [6, 6.07) is 0. The van der Waals surface area contributed by atoms with E-state index in [-0.39, 0.29) is 0 Å². The third-order valence-electron chi connectivity index (χ3n) is 7.97. The average Bonchev–Trinajstić information content (AvgIpc) is 2.80. The second-order valence-electron chi connectivity index (χ2n) is 10.1. The van der Waals surface area contributed by atoms with E-state index in [1.807, 2.05) is 0 Å². The van der Waals surface area contributed by atoms with Crippen LogP contribution in [-0.2, 0) is 28.4 Å². The zero-order valence-corrected chi connectivity index (χ0v) is 22.4. The molecule has 0 bridgehead atoms. The van der Waals surface area contributed by atoms with Gasteiger partial charge in [-0.15, -0.1) is 0 Å². The molecule has 0 aliphatic heterocycles. The van der Waals surface area contributed by atoms with Gasteiger partial charge in [0.15, 0.2) is 0 Å². The molecule has 3 fully saturated rings. The van der Waals surface area contributed by atoms with E-state index in [0.717, 1.165) is 19.3 Å². The lowest BCUT2D eigenvalue weighted by Crippen LogP contribution is -2.50. The molecule has 3 aliphatic rings. The molecule has 0 aromatic heterocycles. The fourth-order valence-electron chi connectivity index (χ4n) is 6.49. The van der Waals surface area contributed by atoms with E-state index in [2.05, 4.69) is 8.20 Å². The van der Waals surface area contributed by atoms with E-state index in [9.17, 15) is 43.2 Å². The number of alkyl halides is 6. The molecule has 0 heterocycles. The standard InChI is InChI=1S/C20H33BF6O6PS2/c22-19(23,24)35(28,29)32-21(33-36(30,31)20(25,26)27)34(16-10-4-1-5-11-16,17-12-6-2-7-13-17)18-14-8-3-9-15-18/h16-18H,1-15H2/q+1. The van der Waals surface area contributed by atoms with Gasteiger partial charge in [0.1, 0.15) is 0 Å². The van der Waals surface area contributed by atoms with E-state index in [4.69, 9.17) is 0 Å². The van der Waals surface area contributed by atoms with Gasteiger partial charge in [-0.05, 0) is 77.0 Å². The van der Waals surface area contributed by atoms with Gasteiger partial charge in [0.25, 0.3) is 0 Å². The quantitative estimate of drug-likeness (QED) is 0.135. The Kier molecular flexibility index (Phi) is 9.77. The molecule has 0 saturated heterocycles. The van der Waals surface area contributed by atoms with E-state index in [1.165, 1.54) is 0 Å². The van der Waals surface area contributed by atoms with Crippen LogP contribution >= 0.6 is 7.14 Å². The van der Waals surface area contributed by atoms with Gasteiger partial charge in [0.2, 0.25) is 0 Å². The lowest BCUT2D eigenvalue weighted by molar-refractivity contribution is -0.0522. The third-order valence-corrected chi connectivity index (χ3v) is 16.5. The third kappa shape index (κ3) is 6.37. The Morgan fingerprint density at radius 3 is 1.00 bits per heavy atom. The van der Waals surface area contributed by atoms with Crippen molar-refractivity contribution in [2.45, 2.75) is 124 Å². The van der Waals surface area contributed by atoms with Gasteiger partial charge in [-0.25, -0.2) is 0 Å². The van der Waals surface area contributed by atoms with Gasteiger partial charge in [-0.1, -0.05) is 19.3 Å². The Hall–Kier alpha value is -0.105. The highest BCUT2D eigenvalue weighted by Gasteiger charge is 2.73. The van der Waals surface area contributed by atoms with E-state index >= 15 is 0 Å². The molecule has 6 nitrogen and oxygen atoms in total.